The van der Waals surface area contributed by atoms with Gasteiger partial charge in [0.1, 0.15) is 0 Å². The highest BCUT2D eigenvalue weighted by Gasteiger charge is 2.43. The predicted octanol–water partition coefficient (Wildman–Crippen LogP) is 4.41. The van der Waals surface area contributed by atoms with Crippen molar-refractivity contribution in [1.82, 2.24) is 15.2 Å². The van der Waals surface area contributed by atoms with Crippen LogP contribution in [0.3, 0.4) is 0 Å². The number of anilines is 1. The number of piperazine rings is 1. The molecule has 2 fully saturated rings. The molecule has 0 radical (unpaired) electrons. The van der Waals surface area contributed by atoms with Gasteiger partial charge in [0, 0.05) is 50.3 Å². The van der Waals surface area contributed by atoms with Crippen LogP contribution in [0.4, 0.5) is 18.9 Å². The van der Waals surface area contributed by atoms with E-state index in [0.29, 0.717) is 24.6 Å². The van der Waals surface area contributed by atoms with E-state index in [1.165, 1.54) is 44.2 Å². The van der Waals surface area contributed by atoms with Crippen molar-refractivity contribution < 1.29 is 18.0 Å². The minimum absolute atomic E-state index is 0.0474. The number of amides is 1. The van der Waals surface area contributed by atoms with Crippen LogP contribution in [-0.2, 0) is 23.9 Å². The number of carbonyl (C=O) groups is 1. The molecule has 0 spiro atoms. The number of rotatable bonds is 4. The van der Waals surface area contributed by atoms with Gasteiger partial charge in [-0.15, -0.1) is 0 Å². The van der Waals surface area contributed by atoms with E-state index < -0.39 is 17.7 Å². The fourth-order valence-electron chi connectivity index (χ4n) is 5.92. The van der Waals surface area contributed by atoms with Crippen molar-refractivity contribution in [2.45, 2.75) is 63.3 Å². The summed E-state index contributed by atoms with van der Waals surface area (Å²) < 4.78 is 40.2. The number of pyridine rings is 1. The number of nitrogens with one attached hydrogen (secondary N) is 1. The zero-order chi connectivity index (χ0) is 23.7. The standard InChI is InChI=1S/C26H31F3N4O/c27-26(28,29)20-8-9-23-19(13-20)14-22(25(34)31-16-18-5-4-10-30-15-18)24-17-32(11-12-33(23)24)21-6-2-1-3-7-21/h4-5,8-10,13,15,21-22,24H,1-3,6-7,11-12,14,16-17H2,(H,31,34)/t22-,24+/m0/s1. The summed E-state index contributed by atoms with van der Waals surface area (Å²) in [7, 11) is 0. The van der Waals surface area contributed by atoms with Crippen LogP contribution in [0.2, 0.25) is 0 Å². The third kappa shape index (κ3) is 4.78. The smallest absolute Gasteiger partial charge is 0.365 e. The Hall–Kier alpha value is -2.61. The van der Waals surface area contributed by atoms with Gasteiger partial charge in [-0.1, -0.05) is 25.3 Å². The number of nitrogens with zero attached hydrogens (tertiary/aromatic N) is 3. The van der Waals surface area contributed by atoms with E-state index in [9.17, 15) is 18.0 Å². The number of halogens is 3. The van der Waals surface area contributed by atoms with Crippen LogP contribution in [0.15, 0.2) is 42.7 Å². The van der Waals surface area contributed by atoms with Crippen molar-refractivity contribution in [2.24, 2.45) is 5.92 Å². The number of alkyl halides is 3. The lowest BCUT2D eigenvalue weighted by molar-refractivity contribution is -0.137. The molecular weight excluding hydrogens is 441 g/mol. The molecule has 2 aliphatic heterocycles. The maximum absolute atomic E-state index is 13.4. The van der Waals surface area contributed by atoms with Gasteiger partial charge in [-0.05, 0) is 54.7 Å². The SMILES string of the molecule is O=C(NCc1cccnc1)[C@H]1Cc2cc(C(F)(F)F)ccc2N2CCN(C3CCCCC3)C[C@H]12. The van der Waals surface area contributed by atoms with Gasteiger partial charge in [-0.3, -0.25) is 14.7 Å². The first-order valence-corrected chi connectivity index (χ1v) is 12.3. The Morgan fingerprint density at radius 3 is 2.68 bits per heavy atom. The normalized spacial score (nSPS) is 23.8. The van der Waals surface area contributed by atoms with E-state index in [1.54, 1.807) is 18.5 Å². The molecular formula is C26H31F3N4O. The van der Waals surface area contributed by atoms with Gasteiger partial charge >= 0.3 is 6.18 Å². The molecule has 1 aromatic heterocycles. The summed E-state index contributed by atoms with van der Waals surface area (Å²) in [5, 5.41) is 3.03. The van der Waals surface area contributed by atoms with E-state index in [1.807, 2.05) is 12.1 Å². The first-order valence-electron chi connectivity index (χ1n) is 12.3. The molecule has 0 unspecified atom stereocenters. The Balaban J connectivity index is 1.41. The molecule has 3 heterocycles. The lowest BCUT2D eigenvalue weighted by atomic mass is 9.82. The first-order chi connectivity index (χ1) is 16.4. The topological polar surface area (TPSA) is 48.5 Å². The molecule has 1 amide bonds. The predicted molar refractivity (Wildman–Crippen MR) is 124 cm³/mol. The molecule has 1 N–H and O–H groups in total. The lowest BCUT2D eigenvalue weighted by Crippen LogP contribution is -2.62. The molecule has 1 aliphatic carbocycles. The zero-order valence-corrected chi connectivity index (χ0v) is 19.2. The van der Waals surface area contributed by atoms with Crippen LogP contribution < -0.4 is 10.2 Å². The van der Waals surface area contributed by atoms with E-state index in [-0.39, 0.29) is 11.9 Å². The van der Waals surface area contributed by atoms with E-state index in [2.05, 4.69) is 20.1 Å². The van der Waals surface area contributed by atoms with Crippen LogP contribution >= 0.6 is 0 Å². The summed E-state index contributed by atoms with van der Waals surface area (Å²) in [6.45, 7) is 2.74. The Labute approximate surface area is 198 Å². The number of hydrogen-bond acceptors (Lipinski definition) is 4. The molecule has 0 bridgehead atoms. The summed E-state index contributed by atoms with van der Waals surface area (Å²) in [5.74, 6) is -0.508. The second kappa shape index (κ2) is 9.56. The fraction of sp³-hybridized carbons (Fsp3) is 0.538. The number of fused-ring (bicyclic) bond motifs is 3. The Morgan fingerprint density at radius 1 is 1.12 bits per heavy atom. The quantitative estimate of drug-likeness (QED) is 0.716. The van der Waals surface area contributed by atoms with Gasteiger partial charge in [0.15, 0.2) is 0 Å². The van der Waals surface area contributed by atoms with E-state index >= 15 is 0 Å². The molecule has 182 valence electrons. The number of hydrogen-bond donors (Lipinski definition) is 1. The van der Waals surface area contributed by atoms with Crippen molar-refractivity contribution >= 4 is 11.6 Å². The van der Waals surface area contributed by atoms with Gasteiger partial charge in [0.2, 0.25) is 5.91 Å². The average molecular weight is 473 g/mol. The van der Waals surface area contributed by atoms with Crippen molar-refractivity contribution in [1.29, 1.82) is 0 Å². The molecule has 8 heteroatoms. The van der Waals surface area contributed by atoms with Crippen molar-refractivity contribution in [2.75, 3.05) is 24.5 Å². The van der Waals surface area contributed by atoms with Gasteiger partial charge in [0.25, 0.3) is 0 Å². The van der Waals surface area contributed by atoms with Crippen LogP contribution in [0.1, 0.15) is 48.8 Å². The largest absolute Gasteiger partial charge is 0.416 e. The molecule has 5 rings (SSSR count). The van der Waals surface area contributed by atoms with Gasteiger partial charge in [-0.25, -0.2) is 0 Å². The minimum atomic E-state index is -4.40. The monoisotopic (exact) mass is 472 g/mol. The van der Waals surface area contributed by atoms with Gasteiger partial charge < -0.3 is 10.2 Å². The highest BCUT2D eigenvalue weighted by Crippen LogP contribution is 2.40. The highest BCUT2D eigenvalue weighted by molar-refractivity contribution is 5.82. The fourth-order valence-corrected chi connectivity index (χ4v) is 5.92. The maximum Gasteiger partial charge on any atom is 0.416 e. The van der Waals surface area contributed by atoms with Crippen LogP contribution in [0.5, 0.6) is 0 Å². The van der Waals surface area contributed by atoms with Crippen molar-refractivity contribution in [3.8, 4) is 0 Å². The molecule has 1 saturated heterocycles. The van der Waals surface area contributed by atoms with Crippen molar-refractivity contribution in [3.05, 3.63) is 59.4 Å². The average Bonchev–Trinajstić information content (AvgIpc) is 2.86. The van der Waals surface area contributed by atoms with Crippen LogP contribution in [-0.4, -0.2) is 47.5 Å². The first kappa shape index (κ1) is 23.1. The molecule has 1 saturated carbocycles. The summed E-state index contributed by atoms with van der Waals surface area (Å²) in [4.78, 5) is 22.2. The summed E-state index contributed by atoms with van der Waals surface area (Å²) in [6.07, 6.45) is 5.47. The second-order valence-corrected chi connectivity index (χ2v) is 9.78. The second-order valence-electron chi connectivity index (χ2n) is 9.78. The lowest BCUT2D eigenvalue weighted by Gasteiger charge is -2.51. The molecule has 3 aliphatic rings. The summed E-state index contributed by atoms with van der Waals surface area (Å²) in [6, 6.07) is 8.23. The number of aromatic nitrogens is 1. The molecule has 2 aromatic rings. The van der Waals surface area contributed by atoms with Gasteiger partial charge in [0.05, 0.1) is 17.5 Å². The molecule has 1 aromatic carbocycles. The summed E-state index contributed by atoms with van der Waals surface area (Å²) >= 11 is 0. The minimum Gasteiger partial charge on any atom is -0.365 e. The Bertz CT molecular complexity index is 1010. The van der Waals surface area contributed by atoms with Gasteiger partial charge in [-0.2, -0.15) is 13.2 Å². The number of benzene rings is 1. The van der Waals surface area contributed by atoms with Crippen LogP contribution in [0, 0.1) is 5.92 Å². The summed E-state index contributed by atoms with van der Waals surface area (Å²) in [5.41, 5.74) is 1.70. The van der Waals surface area contributed by atoms with Crippen molar-refractivity contribution in [3.63, 3.8) is 0 Å². The van der Waals surface area contributed by atoms with Crippen LogP contribution in [0.25, 0.3) is 0 Å². The molecule has 5 nitrogen and oxygen atoms in total. The zero-order valence-electron chi connectivity index (χ0n) is 19.2. The molecule has 34 heavy (non-hydrogen) atoms. The Kier molecular flexibility index (Phi) is 6.51. The van der Waals surface area contributed by atoms with E-state index in [0.717, 1.165) is 30.9 Å². The number of carbonyl (C=O) groups excluding carboxylic acids is 1. The third-order valence-electron chi connectivity index (χ3n) is 7.69. The third-order valence-corrected chi connectivity index (χ3v) is 7.69. The van der Waals surface area contributed by atoms with E-state index in [4.69, 9.17) is 0 Å². The Morgan fingerprint density at radius 2 is 1.94 bits per heavy atom. The maximum atomic E-state index is 13.4. The highest BCUT2D eigenvalue weighted by atomic mass is 19.4. The molecule has 2 atom stereocenters.